The molecule has 2 N–H and O–H groups in total. The van der Waals surface area contributed by atoms with Crippen LogP contribution in [0.5, 0.6) is 0 Å². The van der Waals surface area contributed by atoms with Crippen LogP contribution in [0.4, 0.5) is 0 Å². The first kappa shape index (κ1) is 22.6. The summed E-state index contributed by atoms with van der Waals surface area (Å²) in [6.07, 6.45) is 1.71. The molecule has 8 nitrogen and oxygen atoms in total. The van der Waals surface area contributed by atoms with E-state index in [1.807, 2.05) is 0 Å². The van der Waals surface area contributed by atoms with Crippen molar-refractivity contribution >= 4 is 34.2 Å². The van der Waals surface area contributed by atoms with Gasteiger partial charge in [0.15, 0.2) is 0 Å². The maximum atomic E-state index is 13.0. The number of nitrogens with zero attached hydrogens (tertiary/aromatic N) is 2. The summed E-state index contributed by atoms with van der Waals surface area (Å²) in [5.41, 5.74) is 6.18. The molecule has 1 aromatic carbocycles. The van der Waals surface area contributed by atoms with E-state index >= 15 is 0 Å². The number of carbonyl (C=O) groups is 2. The number of benzene rings is 1. The molecule has 28 heavy (non-hydrogen) atoms. The summed E-state index contributed by atoms with van der Waals surface area (Å²) in [5.74, 6) is -0.346. The number of carbonyl (C=O) groups excluding carboxylic acids is 2. The van der Waals surface area contributed by atoms with Crippen LogP contribution in [-0.2, 0) is 14.8 Å². The van der Waals surface area contributed by atoms with Gasteiger partial charge in [-0.05, 0) is 37.0 Å². The van der Waals surface area contributed by atoms with Gasteiger partial charge >= 0.3 is 0 Å². The summed E-state index contributed by atoms with van der Waals surface area (Å²) in [5, 5.41) is 0. The second-order valence-electron chi connectivity index (χ2n) is 7.10. The molecular formula is C18H26ClN3O5S. The van der Waals surface area contributed by atoms with Crippen LogP contribution in [0.2, 0.25) is 0 Å². The van der Waals surface area contributed by atoms with Gasteiger partial charge in [0.1, 0.15) is 4.90 Å². The molecule has 1 fully saturated rings. The molecule has 0 aliphatic carbocycles. The zero-order chi connectivity index (χ0) is 19.8. The number of rotatable bonds is 5. The Morgan fingerprint density at radius 3 is 2.71 bits per heavy atom. The standard InChI is InChI=1S/C18H25N3O5S.ClH/c1-12-5-6-20(14(9-12)11-19)17(22)13-3-4-15-16(10-13)27(24,25)21(18(15)23)7-8-26-2;/h3-4,10,12,14H,5-9,11,19H2,1-2H3;1H. The largest absolute Gasteiger partial charge is 0.383 e. The monoisotopic (exact) mass is 431 g/mol. The third-order valence-corrected chi connectivity index (χ3v) is 7.09. The number of ether oxygens (including phenoxy) is 1. The van der Waals surface area contributed by atoms with E-state index in [2.05, 4.69) is 6.92 Å². The Hall–Kier alpha value is -1.68. The molecule has 2 aliphatic heterocycles. The van der Waals surface area contributed by atoms with Gasteiger partial charge in [-0.25, -0.2) is 12.7 Å². The zero-order valence-corrected chi connectivity index (χ0v) is 17.6. The Labute approximate surface area is 171 Å². The third kappa shape index (κ3) is 3.89. The molecule has 10 heteroatoms. The van der Waals surface area contributed by atoms with Crippen LogP contribution in [0.25, 0.3) is 0 Å². The Morgan fingerprint density at radius 2 is 2.07 bits per heavy atom. The quantitative estimate of drug-likeness (QED) is 0.747. The van der Waals surface area contributed by atoms with Gasteiger partial charge in [-0.1, -0.05) is 6.92 Å². The van der Waals surface area contributed by atoms with Crippen LogP contribution >= 0.6 is 12.4 Å². The van der Waals surface area contributed by atoms with E-state index in [-0.39, 0.29) is 53.5 Å². The minimum absolute atomic E-state index is 0. The second-order valence-corrected chi connectivity index (χ2v) is 8.93. The van der Waals surface area contributed by atoms with Crippen LogP contribution in [0, 0.1) is 5.92 Å². The third-order valence-electron chi connectivity index (χ3n) is 5.26. The predicted octanol–water partition coefficient (Wildman–Crippen LogP) is 1.10. The Kier molecular flexibility index (Phi) is 7.08. The molecule has 1 aromatic rings. The molecule has 0 bridgehead atoms. The normalized spacial score (nSPS) is 23.3. The van der Waals surface area contributed by atoms with Crippen molar-refractivity contribution < 1.29 is 22.7 Å². The number of likely N-dealkylation sites (tertiary alicyclic amines) is 1. The Bertz CT molecular complexity index is 861. The fourth-order valence-electron chi connectivity index (χ4n) is 3.71. The molecule has 0 radical (unpaired) electrons. The topological polar surface area (TPSA) is 110 Å². The molecule has 0 spiro atoms. The lowest BCUT2D eigenvalue weighted by atomic mass is 9.92. The SMILES string of the molecule is COCCN1C(=O)c2ccc(C(=O)N3CCC(C)CC3CN)cc2S1(=O)=O.Cl. The van der Waals surface area contributed by atoms with Crippen molar-refractivity contribution in [3.8, 4) is 0 Å². The van der Waals surface area contributed by atoms with E-state index in [1.54, 1.807) is 4.90 Å². The number of hydrogen-bond acceptors (Lipinski definition) is 6. The van der Waals surface area contributed by atoms with Crippen molar-refractivity contribution in [3.63, 3.8) is 0 Å². The number of fused-ring (bicyclic) bond motifs is 1. The highest BCUT2D eigenvalue weighted by molar-refractivity contribution is 7.90. The summed E-state index contributed by atoms with van der Waals surface area (Å²) < 4.78 is 31.1. The van der Waals surface area contributed by atoms with Crippen molar-refractivity contribution in [2.24, 2.45) is 11.7 Å². The minimum atomic E-state index is -3.97. The zero-order valence-electron chi connectivity index (χ0n) is 16.0. The second kappa shape index (κ2) is 8.77. The molecule has 156 valence electrons. The minimum Gasteiger partial charge on any atom is -0.383 e. The molecule has 2 aliphatic rings. The van der Waals surface area contributed by atoms with Crippen molar-refractivity contribution in [3.05, 3.63) is 29.3 Å². The van der Waals surface area contributed by atoms with Gasteiger partial charge in [-0.2, -0.15) is 0 Å². The van der Waals surface area contributed by atoms with E-state index < -0.39 is 15.9 Å². The van der Waals surface area contributed by atoms with Gasteiger partial charge < -0.3 is 15.4 Å². The number of nitrogens with two attached hydrogens (primary N) is 1. The average Bonchev–Trinajstić information content (AvgIpc) is 2.85. The van der Waals surface area contributed by atoms with E-state index in [0.717, 1.165) is 17.1 Å². The van der Waals surface area contributed by atoms with Crippen LogP contribution in [0.1, 0.15) is 40.5 Å². The van der Waals surface area contributed by atoms with Crippen LogP contribution in [0.3, 0.4) is 0 Å². The van der Waals surface area contributed by atoms with Gasteiger partial charge in [0, 0.05) is 31.8 Å². The van der Waals surface area contributed by atoms with E-state index in [1.165, 1.54) is 25.3 Å². The summed E-state index contributed by atoms with van der Waals surface area (Å²) >= 11 is 0. The maximum absolute atomic E-state index is 13.0. The summed E-state index contributed by atoms with van der Waals surface area (Å²) in [6, 6.07) is 4.17. The highest BCUT2D eigenvalue weighted by Gasteiger charge is 2.41. The number of hydrogen-bond donors (Lipinski definition) is 1. The highest BCUT2D eigenvalue weighted by atomic mass is 35.5. The summed E-state index contributed by atoms with van der Waals surface area (Å²) in [6.45, 7) is 3.13. The lowest BCUT2D eigenvalue weighted by Gasteiger charge is -2.38. The Morgan fingerprint density at radius 1 is 1.36 bits per heavy atom. The van der Waals surface area contributed by atoms with E-state index in [9.17, 15) is 18.0 Å². The summed E-state index contributed by atoms with van der Waals surface area (Å²) in [7, 11) is -2.54. The fourth-order valence-corrected chi connectivity index (χ4v) is 5.29. The van der Waals surface area contributed by atoms with Crippen molar-refractivity contribution in [1.82, 2.24) is 9.21 Å². The molecule has 3 rings (SSSR count). The van der Waals surface area contributed by atoms with Gasteiger partial charge in [-0.3, -0.25) is 9.59 Å². The smallest absolute Gasteiger partial charge is 0.269 e. The number of piperidine rings is 1. The fraction of sp³-hybridized carbons (Fsp3) is 0.556. The number of methoxy groups -OCH3 is 1. The van der Waals surface area contributed by atoms with Crippen LogP contribution in [-0.4, -0.2) is 68.8 Å². The van der Waals surface area contributed by atoms with Crippen LogP contribution in [0.15, 0.2) is 23.1 Å². The maximum Gasteiger partial charge on any atom is 0.269 e. The lowest BCUT2D eigenvalue weighted by Crippen LogP contribution is -2.49. The number of sulfonamides is 1. The van der Waals surface area contributed by atoms with Gasteiger partial charge in [-0.15, -0.1) is 12.4 Å². The molecule has 0 aromatic heterocycles. The van der Waals surface area contributed by atoms with E-state index in [0.29, 0.717) is 19.0 Å². The molecule has 2 atom stereocenters. The Balaban J connectivity index is 0.00000280. The number of halogens is 1. The molecule has 2 heterocycles. The molecule has 0 saturated carbocycles. The van der Waals surface area contributed by atoms with Crippen molar-refractivity contribution in [1.29, 1.82) is 0 Å². The van der Waals surface area contributed by atoms with E-state index in [4.69, 9.17) is 10.5 Å². The van der Waals surface area contributed by atoms with Crippen LogP contribution < -0.4 is 5.73 Å². The first-order valence-corrected chi connectivity index (χ1v) is 10.5. The highest BCUT2D eigenvalue weighted by Crippen LogP contribution is 2.32. The van der Waals surface area contributed by atoms with Gasteiger partial charge in [0.25, 0.3) is 21.8 Å². The molecule has 1 saturated heterocycles. The first-order valence-electron chi connectivity index (χ1n) is 9.02. The lowest BCUT2D eigenvalue weighted by molar-refractivity contribution is 0.0573. The molecular weight excluding hydrogens is 406 g/mol. The van der Waals surface area contributed by atoms with Crippen molar-refractivity contribution in [2.75, 3.05) is 33.4 Å². The van der Waals surface area contributed by atoms with Gasteiger partial charge in [0.2, 0.25) is 0 Å². The summed E-state index contributed by atoms with van der Waals surface area (Å²) in [4.78, 5) is 27.0. The van der Waals surface area contributed by atoms with Gasteiger partial charge in [0.05, 0.1) is 18.7 Å². The predicted molar refractivity (Wildman–Crippen MR) is 106 cm³/mol. The molecule has 2 unspecified atom stereocenters. The first-order chi connectivity index (χ1) is 12.8. The number of amides is 2. The van der Waals surface area contributed by atoms with Crippen molar-refractivity contribution in [2.45, 2.75) is 30.7 Å². The molecule has 2 amide bonds. The average molecular weight is 432 g/mol.